The van der Waals surface area contributed by atoms with E-state index in [0.29, 0.717) is 0 Å². The molecular formula is C16H12Cl2O2. The molecule has 0 heterocycles. The van der Waals surface area contributed by atoms with Crippen molar-refractivity contribution in [2.75, 3.05) is 0 Å². The first-order valence-electron chi connectivity index (χ1n) is 6.56. The molecule has 0 saturated heterocycles. The largest absolute Gasteiger partial charge is 0.288 e. The molecule has 4 heteroatoms. The molecule has 3 rings (SSSR count). The number of hydrogen-bond donors (Lipinski definition) is 0. The molecule has 102 valence electrons. The van der Waals surface area contributed by atoms with Crippen LogP contribution in [0.1, 0.15) is 29.5 Å². The standard InChI is InChI=1S/C16H12Cl2O2/c17-12-8-13(19)15(18)14(16(12)20)11-7-3-5-9-4-1-2-6-10(9)11/h3,5,7-8H,1-2,4,6H2. The Bertz CT molecular complexity index is 684. The van der Waals surface area contributed by atoms with Gasteiger partial charge in [0.15, 0.2) is 5.78 Å². The fraction of sp³-hybridized carbons (Fsp3) is 0.250. The molecule has 0 amide bonds. The second-order valence-corrected chi connectivity index (χ2v) is 5.81. The quantitative estimate of drug-likeness (QED) is 0.740. The highest BCUT2D eigenvalue weighted by Crippen LogP contribution is 2.36. The van der Waals surface area contributed by atoms with Crippen LogP contribution < -0.4 is 0 Å². The normalized spacial score (nSPS) is 19.0. The molecule has 0 aliphatic heterocycles. The van der Waals surface area contributed by atoms with E-state index in [9.17, 15) is 9.59 Å². The summed E-state index contributed by atoms with van der Waals surface area (Å²) in [6, 6.07) is 5.82. The first-order chi connectivity index (χ1) is 9.59. The molecule has 1 aromatic rings. The lowest BCUT2D eigenvalue weighted by molar-refractivity contribution is -0.113. The Morgan fingerprint density at radius 3 is 2.55 bits per heavy atom. The van der Waals surface area contributed by atoms with Crippen molar-refractivity contribution in [1.29, 1.82) is 0 Å². The van der Waals surface area contributed by atoms with Crippen molar-refractivity contribution in [3.63, 3.8) is 0 Å². The maximum absolute atomic E-state index is 12.3. The number of benzene rings is 1. The van der Waals surface area contributed by atoms with Crippen LogP contribution in [0.3, 0.4) is 0 Å². The van der Waals surface area contributed by atoms with E-state index in [-0.39, 0.29) is 21.4 Å². The Labute approximate surface area is 127 Å². The van der Waals surface area contributed by atoms with Crippen molar-refractivity contribution >= 4 is 40.3 Å². The number of fused-ring (bicyclic) bond motifs is 1. The van der Waals surface area contributed by atoms with Crippen LogP contribution in [0.2, 0.25) is 0 Å². The highest BCUT2D eigenvalue weighted by Gasteiger charge is 2.30. The molecule has 0 unspecified atom stereocenters. The lowest BCUT2D eigenvalue weighted by Gasteiger charge is -2.22. The Morgan fingerprint density at radius 1 is 1.00 bits per heavy atom. The van der Waals surface area contributed by atoms with Gasteiger partial charge in [-0.1, -0.05) is 41.4 Å². The Balaban J connectivity index is 2.20. The van der Waals surface area contributed by atoms with Gasteiger partial charge < -0.3 is 0 Å². The highest BCUT2D eigenvalue weighted by molar-refractivity contribution is 6.61. The molecule has 0 bridgehead atoms. The molecule has 0 fully saturated rings. The summed E-state index contributed by atoms with van der Waals surface area (Å²) in [5.41, 5.74) is 3.37. The number of allylic oxidation sites excluding steroid dienone is 4. The summed E-state index contributed by atoms with van der Waals surface area (Å²) in [6.45, 7) is 0. The number of carbonyl (C=O) groups excluding carboxylic acids is 2. The minimum absolute atomic E-state index is 0.0293. The van der Waals surface area contributed by atoms with E-state index in [4.69, 9.17) is 23.2 Å². The second-order valence-electron chi connectivity index (χ2n) is 5.02. The van der Waals surface area contributed by atoms with E-state index in [2.05, 4.69) is 6.07 Å². The maximum atomic E-state index is 12.3. The molecular weight excluding hydrogens is 295 g/mol. The predicted molar refractivity (Wildman–Crippen MR) is 79.8 cm³/mol. The van der Waals surface area contributed by atoms with E-state index in [1.165, 1.54) is 5.56 Å². The molecule has 0 saturated carbocycles. The van der Waals surface area contributed by atoms with E-state index >= 15 is 0 Å². The van der Waals surface area contributed by atoms with Crippen LogP contribution in [0, 0.1) is 0 Å². The summed E-state index contributed by atoms with van der Waals surface area (Å²) in [5, 5.41) is -0.0961. The summed E-state index contributed by atoms with van der Waals surface area (Å²) in [4.78, 5) is 24.1. The van der Waals surface area contributed by atoms with Gasteiger partial charge in [0, 0.05) is 6.08 Å². The third-order valence-electron chi connectivity index (χ3n) is 3.80. The zero-order valence-electron chi connectivity index (χ0n) is 10.7. The number of halogens is 2. The van der Waals surface area contributed by atoms with Crippen LogP contribution in [-0.4, -0.2) is 11.6 Å². The minimum Gasteiger partial charge on any atom is -0.288 e. The highest BCUT2D eigenvalue weighted by atomic mass is 35.5. The van der Waals surface area contributed by atoms with Gasteiger partial charge >= 0.3 is 0 Å². The molecule has 0 spiro atoms. The number of hydrogen-bond acceptors (Lipinski definition) is 2. The van der Waals surface area contributed by atoms with Gasteiger partial charge in [0.25, 0.3) is 0 Å². The fourth-order valence-corrected chi connectivity index (χ4v) is 3.28. The first kappa shape index (κ1) is 13.6. The van der Waals surface area contributed by atoms with Crippen molar-refractivity contribution in [3.05, 3.63) is 51.0 Å². The van der Waals surface area contributed by atoms with E-state index in [0.717, 1.165) is 42.9 Å². The van der Waals surface area contributed by atoms with Gasteiger partial charge in [-0.2, -0.15) is 0 Å². The first-order valence-corrected chi connectivity index (χ1v) is 7.32. The summed E-state index contributed by atoms with van der Waals surface area (Å²) >= 11 is 11.9. The number of ketones is 2. The van der Waals surface area contributed by atoms with Crippen LogP contribution in [-0.2, 0) is 22.4 Å². The van der Waals surface area contributed by atoms with Gasteiger partial charge in [0.1, 0.15) is 0 Å². The Morgan fingerprint density at radius 2 is 1.75 bits per heavy atom. The molecule has 2 aliphatic carbocycles. The molecule has 2 nitrogen and oxygen atoms in total. The zero-order valence-corrected chi connectivity index (χ0v) is 12.2. The summed E-state index contributed by atoms with van der Waals surface area (Å²) < 4.78 is 0. The van der Waals surface area contributed by atoms with Gasteiger partial charge in [-0.25, -0.2) is 0 Å². The average Bonchev–Trinajstić information content (AvgIpc) is 2.46. The van der Waals surface area contributed by atoms with Gasteiger partial charge in [-0.3, -0.25) is 9.59 Å². The third-order valence-corrected chi connectivity index (χ3v) is 4.46. The fourth-order valence-electron chi connectivity index (χ4n) is 2.84. The van der Waals surface area contributed by atoms with E-state index in [1.807, 2.05) is 12.1 Å². The lowest BCUT2D eigenvalue weighted by Crippen LogP contribution is -2.16. The van der Waals surface area contributed by atoms with Crippen LogP contribution >= 0.6 is 23.2 Å². The van der Waals surface area contributed by atoms with Gasteiger partial charge in [-0.15, -0.1) is 0 Å². The molecule has 20 heavy (non-hydrogen) atoms. The van der Waals surface area contributed by atoms with Gasteiger partial charge in [0.2, 0.25) is 5.78 Å². The Hall–Kier alpha value is -1.38. The van der Waals surface area contributed by atoms with E-state index < -0.39 is 5.78 Å². The second kappa shape index (κ2) is 5.19. The van der Waals surface area contributed by atoms with E-state index in [1.54, 1.807) is 0 Å². The van der Waals surface area contributed by atoms with Crippen LogP contribution in [0.4, 0.5) is 0 Å². The smallest absolute Gasteiger partial charge is 0.206 e. The van der Waals surface area contributed by atoms with Crippen molar-refractivity contribution in [1.82, 2.24) is 0 Å². The van der Waals surface area contributed by atoms with Crippen molar-refractivity contribution in [2.24, 2.45) is 0 Å². The van der Waals surface area contributed by atoms with Crippen LogP contribution in [0.25, 0.3) is 5.57 Å². The minimum atomic E-state index is -0.403. The predicted octanol–water partition coefficient (Wildman–Crippen LogP) is 3.79. The monoisotopic (exact) mass is 306 g/mol. The van der Waals surface area contributed by atoms with Crippen molar-refractivity contribution < 1.29 is 9.59 Å². The van der Waals surface area contributed by atoms with Crippen LogP contribution in [0.5, 0.6) is 0 Å². The molecule has 0 aromatic heterocycles. The maximum Gasteiger partial charge on any atom is 0.206 e. The van der Waals surface area contributed by atoms with Crippen molar-refractivity contribution in [2.45, 2.75) is 25.7 Å². The third kappa shape index (κ3) is 2.13. The number of carbonyl (C=O) groups is 2. The lowest BCUT2D eigenvalue weighted by atomic mass is 9.83. The van der Waals surface area contributed by atoms with Crippen molar-refractivity contribution in [3.8, 4) is 0 Å². The Kier molecular flexibility index (Phi) is 3.53. The zero-order chi connectivity index (χ0) is 14.3. The van der Waals surface area contributed by atoms with Gasteiger partial charge in [-0.05, 0) is 42.4 Å². The molecule has 2 aliphatic rings. The molecule has 1 aromatic carbocycles. The number of Topliss-reactive ketones (excluding diaryl/α,β-unsaturated/α-hetero) is 1. The summed E-state index contributed by atoms with van der Waals surface area (Å²) in [6.07, 6.45) is 5.23. The number of aryl methyl sites for hydroxylation is 1. The van der Waals surface area contributed by atoms with Gasteiger partial charge in [0.05, 0.1) is 15.6 Å². The van der Waals surface area contributed by atoms with Crippen LogP contribution in [0.15, 0.2) is 34.3 Å². The molecule has 0 radical (unpaired) electrons. The number of rotatable bonds is 1. The topological polar surface area (TPSA) is 34.1 Å². The summed E-state index contributed by atoms with van der Waals surface area (Å²) in [7, 11) is 0. The molecule has 0 atom stereocenters. The average molecular weight is 307 g/mol. The summed E-state index contributed by atoms with van der Waals surface area (Å²) in [5.74, 6) is -0.769. The molecule has 0 N–H and O–H groups in total. The SMILES string of the molecule is O=C1C=C(Cl)C(=O)C(c2cccc3c2CCCC3)=C1Cl.